The summed E-state index contributed by atoms with van der Waals surface area (Å²) in [5, 5.41) is 12.7. The number of aliphatic hydroxyl groups excluding tert-OH is 1. The Kier molecular flexibility index (Phi) is 6.55. The molecule has 1 fully saturated rings. The van der Waals surface area contributed by atoms with Crippen molar-refractivity contribution >= 4 is 27.6 Å². The average Bonchev–Trinajstić information content (AvgIpc) is 3.12. The number of benzene rings is 2. The third kappa shape index (κ3) is 4.69. The number of carbonyl (C=O) groups excluding carboxylic acids is 2. The number of aryl methyl sites for hydroxylation is 1. The standard InChI is InChI=1S/C21H24N2O6S/c1-3-29-21(26)15-6-8-16(9-7-15)22-20(25)19-12-17(24)13-23(19)30(27,28)18-10-4-14(2)5-11-18/h4-11,17,19,24H,3,12-13H2,1-2H3,(H,22,25)/t17-,19-/m0/s1. The molecule has 0 spiro atoms. The zero-order valence-electron chi connectivity index (χ0n) is 16.7. The SMILES string of the molecule is CCOC(=O)c1ccc(NC(=O)[C@@H]2C[C@H](O)CN2S(=O)(=O)c2ccc(C)cc2)cc1. The number of ether oxygens (including phenoxy) is 1. The molecule has 1 heterocycles. The fraction of sp³-hybridized carbons (Fsp3) is 0.333. The molecule has 0 aromatic heterocycles. The van der Waals surface area contributed by atoms with Crippen LogP contribution >= 0.6 is 0 Å². The van der Waals surface area contributed by atoms with E-state index in [0.717, 1.165) is 9.87 Å². The summed E-state index contributed by atoms with van der Waals surface area (Å²) in [5.41, 5.74) is 1.66. The summed E-state index contributed by atoms with van der Waals surface area (Å²) in [6, 6.07) is 11.4. The molecular formula is C21H24N2O6S. The summed E-state index contributed by atoms with van der Waals surface area (Å²) in [6.07, 6.45) is -0.940. The molecule has 0 aliphatic carbocycles. The van der Waals surface area contributed by atoms with Crippen molar-refractivity contribution in [2.75, 3.05) is 18.5 Å². The van der Waals surface area contributed by atoms with Crippen LogP contribution in [0, 0.1) is 6.92 Å². The van der Waals surface area contributed by atoms with Gasteiger partial charge in [-0.3, -0.25) is 4.79 Å². The van der Waals surface area contributed by atoms with Gasteiger partial charge in [-0.2, -0.15) is 4.31 Å². The minimum absolute atomic E-state index is 0.00215. The number of sulfonamides is 1. The van der Waals surface area contributed by atoms with Gasteiger partial charge in [-0.25, -0.2) is 13.2 Å². The Morgan fingerprint density at radius 1 is 1.13 bits per heavy atom. The number of carbonyl (C=O) groups is 2. The van der Waals surface area contributed by atoms with E-state index in [9.17, 15) is 23.1 Å². The maximum atomic E-state index is 13.0. The second-order valence-corrected chi connectivity index (χ2v) is 8.97. The highest BCUT2D eigenvalue weighted by atomic mass is 32.2. The van der Waals surface area contributed by atoms with E-state index in [-0.39, 0.29) is 24.5 Å². The lowest BCUT2D eigenvalue weighted by molar-refractivity contribution is -0.119. The van der Waals surface area contributed by atoms with Gasteiger partial charge in [-0.1, -0.05) is 17.7 Å². The van der Waals surface area contributed by atoms with E-state index in [4.69, 9.17) is 4.74 Å². The minimum atomic E-state index is -3.95. The molecule has 2 atom stereocenters. The van der Waals surface area contributed by atoms with Gasteiger partial charge in [0.05, 0.1) is 23.2 Å². The molecule has 9 heteroatoms. The molecule has 0 bridgehead atoms. The molecule has 2 aromatic carbocycles. The summed E-state index contributed by atoms with van der Waals surface area (Å²) in [5.74, 6) is -1.02. The van der Waals surface area contributed by atoms with Crippen LogP contribution in [0.25, 0.3) is 0 Å². The summed E-state index contributed by atoms with van der Waals surface area (Å²) in [4.78, 5) is 24.6. The lowest BCUT2D eigenvalue weighted by atomic mass is 10.1. The van der Waals surface area contributed by atoms with Crippen LogP contribution in [0.3, 0.4) is 0 Å². The fourth-order valence-corrected chi connectivity index (χ4v) is 4.90. The summed E-state index contributed by atoms with van der Waals surface area (Å²) < 4.78 is 32.0. The largest absolute Gasteiger partial charge is 0.462 e. The van der Waals surface area contributed by atoms with E-state index in [0.29, 0.717) is 11.3 Å². The number of nitrogens with zero attached hydrogens (tertiary/aromatic N) is 1. The Hall–Kier alpha value is -2.75. The van der Waals surface area contributed by atoms with Crippen molar-refractivity contribution in [1.29, 1.82) is 0 Å². The normalized spacial score (nSPS) is 19.4. The predicted octanol–water partition coefficient (Wildman–Crippen LogP) is 1.93. The van der Waals surface area contributed by atoms with Crippen LogP contribution in [0.5, 0.6) is 0 Å². The van der Waals surface area contributed by atoms with Crippen LogP contribution in [0.1, 0.15) is 29.3 Å². The molecule has 2 N–H and O–H groups in total. The van der Waals surface area contributed by atoms with Crippen LogP contribution in [-0.2, 0) is 19.6 Å². The predicted molar refractivity (Wildman–Crippen MR) is 111 cm³/mol. The average molecular weight is 432 g/mol. The molecule has 3 rings (SSSR count). The van der Waals surface area contributed by atoms with Crippen LogP contribution < -0.4 is 5.32 Å². The maximum absolute atomic E-state index is 13.0. The highest BCUT2D eigenvalue weighted by Crippen LogP contribution is 2.27. The van der Waals surface area contributed by atoms with Crippen molar-refractivity contribution in [2.45, 2.75) is 37.3 Å². The van der Waals surface area contributed by atoms with Gasteiger partial charge in [0.25, 0.3) is 0 Å². The molecule has 1 amide bonds. The molecule has 0 saturated carbocycles. The Bertz CT molecular complexity index is 1020. The lowest BCUT2D eigenvalue weighted by Crippen LogP contribution is -2.43. The number of amides is 1. The molecule has 1 aliphatic heterocycles. The first-order valence-electron chi connectivity index (χ1n) is 9.57. The summed E-state index contributed by atoms with van der Waals surface area (Å²) >= 11 is 0. The number of hydrogen-bond donors (Lipinski definition) is 2. The number of esters is 1. The molecule has 1 aliphatic rings. The van der Waals surface area contributed by atoms with Gasteiger partial charge in [0, 0.05) is 18.7 Å². The van der Waals surface area contributed by atoms with Gasteiger partial charge in [-0.15, -0.1) is 0 Å². The number of β-amino-alcohol motifs (C(OH)–C–C–N with tert-alkyl or cyclic N) is 1. The quantitative estimate of drug-likeness (QED) is 0.675. The van der Waals surface area contributed by atoms with Crippen molar-refractivity contribution in [3.8, 4) is 0 Å². The number of nitrogens with one attached hydrogen (secondary N) is 1. The van der Waals surface area contributed by atoms with Gasteiger partial charge in [0.1, 0.15) is 6.04 Å². The highest BCUT2D eigenvalue weighted by Gasteiger charge is 2.43. The van der Waals surface area contributed by atoms with Crippen molar-refractivity contribution < 1.29 is 27.9 Å². The van der Waals surface area contributed by atoms with Crippen LogP contribution in [0.2, 0.25) is 0 Å². The number of anilines is 1. The lowest BCUT2D eigenvalue weighted by Gasteiger charge is -2.23. The number of rotatable bonds is 6. The van der Waals surface area contributed by atoms with Crippen molar-refractivity contribution in [3.05, 3.63) is 59.7 Å². The molecule has 2 aromatic rings. The Labute approximate surface area is 175 Å². The smallest absolute Gasteiger partial charge is 0.338 e. The topological polar surface area (TPSA) is 113 Å². The third-order valence-electron chi connectivity index (χ3n) is 4.83. The van der Waals surface area contributed by atoms with E-state index >= 15 is 0 Å². The van der Waals surface area contributed by atoms with Gasteiger partial charge in [-0.05, 0) is 50.2 Å². The highest BCUT2D eigenvalue weighted by molar-refractivity contribution is 7.89. The first-order valence-corrected chi connectivity index (χ1v) is 11.0. The van der Waals surface area contributed by atoms with Crippen molar-refractivity contribution in [3.63, 3.8) is 0 Å². The number of hydrogen-bond acceptors (Lipinski definition) is 6. The molecule has 0 radical (unpaired) electrons. The Balaban J connectivity index is 1.77. The van der Waals surface area contributed by atoms with E-state index in [1.165, 1.54) is 36.4 Å². The van der Waals surface area contributed by atoms with Crippen molar-refractivity contribution in [1.82, 2.24) is 4.31 Å². The van der Waals surface area contributed by atoms with Gasteiger partial charge in [0.2, 0.25) is 15.9 Å². The van der Waals surface area contributed by atoms with Crippen LogP contribution in [0.4, 0.5) is 5.69 Å². The van der Waals surface area contributed by atoms with Crippen LogP contribution in [0.15, 0.2) is 53.4 Å². The molecule has 160 valence electrons. The summed E-state index contributed by atoms with van der Waals surface area (Å²) in [6.45, 7) is 3.65. The monoisotopic (exact) mass is 432 g/mol. The zero-order valence-corrected chi connectivity index (χ0v) is 17.6. The second kappa shape index (κ2) is 8.95. The maximum Gasteiger partial charge on any atom is 0.338 e. The van der Waals surface area contributed by atoms with Gasteiger partial charge in [0.15, 0.2) is 0 Å². The summed E-state index contributed by atoms with van der Waals surface area (Å²) in [7, 11) is -3.95. The Morgan fingerprint density at radius 2 is 1.77 bits per heavy atom. The minimum Gasteiger partial charge on any atom is -0.462 e. The van der Waals surface area contributed by atoms with E-state index in [2.05, 4.69) is 5.32 Å². The molecule has 8 nitrogen and oxygen atoms in total. The van der Waals surface area contributed by atoms with Crippen LogP contribution in [-0.4, -0.2) is 55.0 Å². The van der Waals surface area contributed by atoms with E-state index < -0.39 is 34.0 Å². The van der Waals surface area contributed by atoms with Gasteiger partial charge < -0.3 is 15.2 Å². The second-order valence-electron chi connectivity index (χ2n) is 7.08. The van der Waals surface area contributed by atoms with E-state index in [1.807, 2.05) is 6.92 Å². The van der Waals surface area contributed by atoms with Crippen molar-refractivity contribution in [2.24, 2.45) is 0 Å². The Morgan fingerprint density at radius 3 is 2.37 bits per heavy atom. The third-order valence-corrected chi connectivity index (χ3v) is 6.72. The molecular weight excluding hydrogens is 408 g/mol. The molecule has 30 heavy (non-hydrogen) atoms. The molecule has 1 saturated heterocycles. The zero-order chi connectivity index (χ0) is 21.9. The van der Waals surface area contributed by atoms with E-state index in [1.54, 1.807) is 19.1 Å². The molecule has 0 unspecified atom stereocenters. The fourth-order valence-electron chi connectivity index (χ4n) is 3.26. The first-order chi connectivity index (χ1) is 14.2. The van der Waals surface area contributed by atoms with Gasteiger partial charge >= 0.3 is 5.97 Å². The number of aliphatic hydroxyl groups is 1. The first kappa shape index (κ1) is 21.9.